The summed E-state index contributed by atoms with van der Waals surface area (Å²) in [6, 6.07) is 6.45. The molecule has 31 heavy (non-hydrogen) atoms. The van der Waals surface area contributed by atoms with Gasteiger partial charge in [-0.2, -0.15) is 0 Å². The number of esters is 1. The number of rotatable bonds is 5. The van der Waals surface area contributed by atoms with E-state index in [2.05, 4.69) is 31.0 Å². The van der Waals surface area contributed by atoms with Crippen molar-refractivity contribution in [3.63, 3.8) is 0 Å². The lowest BCUT2D eigenvalue weighted by atomic mass is 9.65. The lowest BCUT2D eigenvalue weighted by Crippen LogP contribution is -2.38. The van der Waals surface area contributed by atoms with Crippen molar-refractivity contribution >= 4 is 28.5 Å². The second-order valence-electron chi connectivity index (χ2n) is 10.7. The van der Waals surface area contributed by atoms with Crippen molar-refractivity contribution in [3.05, 3.63) is 29.5 Å². The van der Waals surface area contributed by atoms with E-state index in [9.17, 15) is 9.59 Å². The summed E-state index contributed by atoms with van der Waals surface area (Å²) in [6.45, 7) is 12.4. The number of hydrogen-bond donors (Lipinski definition) is 1. The molecule has 2 aliphatic rings. The molecule has 1 aromatic heterocycles. The smallest absolute Gasteiger partial charge is 0.357 e. The summed E-state index contributed by atoms with van der Waals surface area (Å²) in [5.74, 6) is -0.492. The van der Waals surface area contributed by atoms with Gasteiger partial charge in [0.1, 0.15) is 0 Å². The Balaban J connectivity index is 1.61. The zero-order chi connectivity index (χ0) is 22.6. The third-order valence-electron chi connectivity index (χ3n) is 6.96. The van der Waals surface area contributed by atoms with Crippen LogP contribution in [0, 0.1) is 17.8 Å². The monoisotopic (exact) mass is 425 g/mol. The lowest BCUT2D eigenvalue weighted by molar-refractivity contribution is -0.117. The van der Waals surface area contributed by atoms with E-state index in [-0.39, 0.29) is 17.9 Å². The molecule has 1 aliphatic heterocycles. The number of amides is 1. The van der Waals surface area contributed by atoms with Gasteiger partial charge in [0.25, 0.3) is 0 Å². The van der Waals surface area contributed by atoms with E-state index in [1.54, 1.807) is 6.92 Å². The Hall–Kier alpha value is -2.34. The van der Waals surface area contributed by atoms with Crippen LogP contribution in [-0.4, -0.2) is 47.1 Å². The van der Waals surface area contributed by atoms with Crippen molar-refractivity contribution < 1.29 is 14.3 Å². The number of hydrogen-bond acceptors (Lipinski definition) is 4. The summed E-state index contributed by atoms with van der Waals surface area (Å²) in [4.78, 5) is 28.2. The van der Waals surface area contributed by atoms with Crippen molar-refractivity contribution in [2.75, 3.05) is 25.0 Å². The number of aromatic nitrogens is 1. The largest absolute Gasteiger partial charge is 0.461 e. The van der Waals surface area contributed by atoms with E-state index >= 15 is 0 Å². The van der Waals surface area contributed by atoms with Crippen LogP contribution in [0.15, 0.2) is 18.2 Å². The molecule has 6 nitrogen and oxygen atoms in total. The van der Waals surface area contributed by atoms with E-state index in [1.165, 1.54) is 6.42 Å². The molecule has 2 atom stereocenters. The number of ether oxygens (including phenoxy) is 1. The second kappa shape index (κ2) is 7.66. The van der Waals surface area contributed by atoms with Gasteiger partial charge in [0.15, 0.2) is 5.69 Å². The summed E-state index contributed by atoms with van der Waals surface area (Å²) in [5, 5.41) is 3.95. The number of benzene rings is 1. The summed E-state index contributed by atoms with van der Waals surface area (Å²) in [6.07, 6.45) is 3.48. The third kappa shape index (κ3) is 4.10. The molecule has 0 unspecified atom stereocenters. The highest BCUT2D eigenvalue weighted by Gasteiger charge is 2.49. The molecule has 0 spiro atoms. The van der Waals surface area contributed by atoms with Crippen molar-refractivity contribution in [1.82, 2.24) is 9.47 Å². The first-order valence-electron chi connectivity index (χ1n) is 11.3. The minimum Gasteiger partial charge on any atom is -0.461 e. The molecule has 1 aromatic carbocycles. The molecule has 4 rings (SSSR count). The Morgan fingerprint density at radius 3 is 2.68 bits per heavy atom. The number of carbonyl (C=O) groups is 2. The summed E-state index contributed by atoms with van der Waals surface area (Å²) in [7, 11) is 1.84. The van der Waals surface area contributed by atoms with Gasteiger partial charge < -0.3 is 14.6 Å². The van der Waals surface area contributed by atoms with Crippen LogP contribution in [0.5, 0.6) is 0 Å². The average molecular weight is 426 g/mol. The van der Waals surface area contributed by atoms with Crippen LogP contribution in [0.4, 0.5) is 5.69 Å². The number of fused-ring (bicyclic) bond motifs is 3. The molecule has 2 fully saturated rings. The highest BCUT2D eigenvalue weighted by molar-refractivity contribution is 6.11. The van der Waals surface area contributed by atoms with Gasteiger partial charge in [-0.05, 0) is 56.1 Å². The van der Waals surface area contributed by atoms with Crippen LogP contribution >= 0.6 is 0 Å². The van der Waals surface area contributed by atoms with Gasteiger partial charge in [-0.25, -0.2) is 4.79 Å². The highest BCUT2D eigenvalue weighted by atomic mass is 16.5. The quantitative estimate of drug-likeness (QED) is 0.717. The minimum atomic E-state index is -0.416. The zero-order valence-corrected chi connectivity index (χ0v) is 19.7. The molecule has 1 saturated heterocycles. The first kappa shape index (κ1) is 21.9. The first-order valence-corrected chi connectivity index (χ1v) is 11.3. The van der Waals surface area contributed by atoms with Crippen molar-refractivity contribution in [2.45, 2.75) is 59.9 Å². The van der Waals surface area contributed by atoms with Gasteiger partial charge in [-0.1, -0.05) is 32.4 Å². The van der Waals surface area contributed by atoms with Crippen LogP contribution < -0.4 is 5.32 Å². The SMILES string of the molecule is CCOC(=O)c1c(NC(=O)CN2C[C@@]3(C)C[C@H]2CC(C)(C)C3)c2cc(C)ccc2n1C. The van der Waals surface area contributed by atoms with E-state index < -0.39 is 5.97 Å². The second-order valence-corrected chi connectivity index (χ2v) is 10.7. The molecule has 6 heteroatoms. The molecule has 1 saturated carbocycles. The fourth-order valence-corrected chi connectivity index (χ4v) is 6.25. The number of nitrogens with zero attached hydrogens (tertiary/aromatic N) is 2. The maximum absolute atomic E-state index is 13.2. The Morgan fingerprint density at radius 1 is 1.23 bits per heavy atom. The predicted octanol–water partition coefficient (Wildman–Crippen LogP) is 4.50. The van der Waals surface area contributed by atoms with Crippen molar-refractivity contribution in [2.24, 2.45) is 17.9 Å². The number of likely N-dealkylation sites (tertiary alicyclic amines) is 1. The molecule has 1 amide bonds. The van der Waals surface area contributed by atoms with Crippen LogP contribution in [0.1, 0.15) is 63.0 Å². The molecule has 2 heterocycles. The van der Waals surface area contributed by atoms with Crippen LogP contribution in [0.25, 0.3) is 10.9 Å². The lowest BCUT2D eigenvalue weighted by Gasteiger charge is -2.39. The number of nitrogens with one attached hydrogen (secondary N) is 1. The molecule has 2 bridgehead atoms. The summed E-state index contributed by atoms with van der Waals surface area (Å²) >= 11 is 0. The zero-order valence-electron chi connectivity index (χ0n) is 19.7. The fraction of sp³-hybridized carbons (Fsp3) is 0.600. The minimum absolute atomic E-state index is 0.0755. The molecular weight excluding hydrogens is 390 g/mol. The number of carbonyl (C=O) groups excluding carboxylic acids is 2. The highest BCUT2D eigenvalue weighted by Crippen LogP contribution is 2.52. The molecule has 1 aliphatic carbocycles. The Labute approximate surface area is 184 Å². The molecule has 2 aromatic rings. The van der Waals surface area contributed by atoms with Gasteiger partial charge in [0.05, 0.1) is 24.4 Å². The Morgan fingerprint density at radius 2 is 1.97 bits per heavy atom. The summed E-state index contributed by atoms with van der Waals surface area (Å²) < 4.78 is 7.11. The number of aryl methyl sites for hydroxylation is 2. The number of anilines is 1. The van der Waals surface area contributed by atoms with E-state index in [0.29, 0.717) is 29.4 Å². The maximum Gasteiger partial charge on any atom is 0.357 e. The molecule has 1 N–H and O–H groups in total. The molecule has 0 radical (unpaired) electrons. The fourth-order valence-electron chi connectivity index (χ4n) is 6.25. The third-order valence-corrected chi connectivity index (χ3v) is 6.96. The average Bonchev–Trinajstić information content (AvgIpc) is 3.04. The van der Waals surface area contributed by atoms with Gasteiger partial charge in [0, 0.05) is 25.0 Å². The van der Waals surface area contributed by atoms with Gasteiger partial charge >= 0.3 is 5.97 Å². The van der Waals surface area contributed by atoms with E-state index in [4.69, 9.17) is 4.74 Å². The van der Waals surface area contributed by atoms with Gasteiger partial charge in [-0.3, -0.25) is 9.69 Å². The predicted molar refractivity (Wildman–Crippen MR) is 123 cm³/mol. The van der Waals surface area contributed by atoms with Crippen LogP contribution in [0.3, 0.4) is 0 Å². The van der Waals surface area contributed by atoms with Crippen LogP contribution in [0.2, 0.25) is 0 Å². The normalized spacial score (nSPS) is 25.0. The van der Waals surface area contributed by atoms with Crippen molar-refractivity contribution in [3.8, 4) is 0 Å². The van der Waals surface area contributed by atoms with Gasteiger partial charge in [-0.15, -0.1) is 0 Å². The molecule has 168 valence electrons. The van der Waals surface area contributed by atoms with Crippen LogP contribution in [-0.2, 0) is 16.6 Å². The standard InChI is InChI=1S/C25H35N3O3/c1-7-31-23(30)22-21(18-10-16(2)8-9-19(18)27(22)6)26-20(29)13-28-15-25(5)12-17(28)11-24(3,4)14-25/h8-10,17H,7,11-15H2,1-6H3,(H,26,29)/t17-,25+/m1/s1. The van der Waals surface area contributed by atoms with Gasteiger partial charge in [0.2, 0.25) is 5.91 Å². The maximum atomic E-state index is 13.2. The van der Waals surface area contributed by atoms with E-state index in [1.807, 2.05) is 36.7 Å². The molecular formula is C25H35N3O3. The Bertz CT molecular complexity index is 1040. The first-order chi connectivity index (χ1) is 14.5. The Kier molecular flexibility index (Phi) is 5.41. The summed E-state index contributed by atoms with van der Waals surface area (Å²) in [5.41, 5.74) is 3.51. The van der Waals surface area contributed by atoms with Crippen molar-refractivity contribution in [1.29, 1.82) is 0 Å². The topological polar surface area (TPSA) is 63.6 Å². The van der Waals surface area contributed by atoms with E-state index in [0.717, 1.165) is 35.9 Å².